The van der Waals surface area contributed by atoms with Gasteiger partial charge in [0.15, 0.2) is 18.2 Å². The average molecular weight is 376 g/mol. The predicted octanol–water partition coefficient (Wildman–Crippen LogP) is 2.52. The molecule has 0 radical (unpaired) electrons. The minimum atomic E-state index is -0.293. The molecule has 0 saturated carbocycles. The number of fused-ring (bicyclic) bond motifs is 1. The standard InChI is InChI=1S/C16H14BrN3O3/c1-10-7-11(17)4-5-12(10)19-14(21)8-20-15(22)9-23-13-3-2-6-18-16(13)20/h2-7H,8-9H2,1H3,(H,19,21). The fourth-order valence-electron chi connectivity index (χ4n) is 2.30. The molecule has 0 saturated heterocycles. The van der Waals surface area contributed by atoms with Crippen LogP contribution < -0.4 is 15.0 Å². The lowest BCUT2D eigenvalue weighted by Gasteiger charge is -2.27. The molecule has 23 heavy (non-hydrogen) atoms. The largest absolute Gasteiger partial charge is 0.480 e. The van der Waals surface area contributed by atoms with Gasteiger partial charge in [0.1, 0.15) is 6.54 Å². The number of hydrogen-bond donors (Lipinski definition) is 1. The molecular weight excluding hydrogens is 362 g/mol. The van der Waals surface area contributed by atoms with Crippen LogP contribution in [0.1, 0.15) is 5.56 Å². The Morgan fingerprint density at radius 2 is 2.26 bits per heavy atom. The summed E-state index contributed by atoms with van der Waals surface area (Å²) in [5.74, 6) is 0.285. The zero-order valence-electron chi connectivity index (χ0n) is 12.4. The van der Waals surface area contributed by atoms with Gasteiger partial charge < -0.3 is 10.1 Å². The molecule has 118 valence electrons. The van der Waals surface area contributed by atoms with Gasteiger partial charge in [-0.1, -0.05) is 15.9 Å². The van der Waals surface area contributed by atoms with Crippen molar-refractivity contribution in [3.05, 3.63) is 46.6 Å². The molecule has 0 fully saturated rings. The number of hydrogen-bond acceptors (Lipinski definition) is 4. The number of aryl methyl sites for hydroxylation is 1. The normalized spacial score (nSPS) is 13.3. The van der Waals surface area contributed by atoms with Crippen molar-refractivity contribution in [1.82, 2.24) is 4.98 Å². The van der Waals surface area contributed by atoms with Crippen molar-refractivity contribution >= 4 is 39.2 Å². The number of benzene rings is 1. The van der Waals surface area contributed by atoms with E-state index in [1.165, 1.54) is 4.90 Å². The number of rotatable bonds is 3. The van der Waals surface area contributed by atoms with Gasteiger partial charge in [0.05, 0.1) is 0 Å². The minimum absolute atomic E-state index is 0.0940. The summed E-state index contributed by atoms with van der Waals surface area (Å²) in [6, 6.07) is 9.01. The quantitative estimate of drug-likeness (QED) is 0.894. The summed E-state index contributed by atoms with van der Waals surface area (Å²) in [7, 11) is 0. The van der Waals surface area contributed by atoms with Crippen LogP contribution in [0.4, 0.5) is 11.5 Å². The average Bonchev–Trinajstić information content (AvgIpc) is 2.53. The highest BCUT2D eigenvalue weighted by Crippen LogP contribution is 2.28. The van der Waals surface area contributed by atoms with Crippen LogP contribution in [0.5, 0.6) is 5.75 Å². The third-order valence-corrected chi connectivity index (χ3v) is 3.92. The second-order valence-corrected chi connectivity index (χ2v) is 6.02. The Morgan fingerprint density at radius 3 is 3.04 bits per heavy atom. The first-order valence-corrected chi connectivity index (χ1v) is 7.78. The fraction of sp³-hybridized carbons (Fsp3) is 0.188. The Hall–Kier alpha value is -2.41. The predicted molar refractivity (Wildman–Crippen MR) is 89.6 cm³/mol. The van der Waals surface area contributed by atoms with Crippen LogP contribution in [0.3, 0.4) is 0 Å². The molecule has 2 amide bonds. The van der Waals surface area contributed by atoms with E-state index in [-0.39, 0.29) is 25.0 Å². The zero-order valence-corrected chi connectivity index (χ0v) is 14.0. The Balaban J connectivity index is 1.76. The van der Waals surface area contributed by atoms with E-state index >= 15 is 0 Å². The highest BCUT2D eigenvalue weighted by atomic mass is 79.9. The number of nitrogens with one attached hydrogen (secondary N) is 1. The maximum Gasteiger partial charge on any atom is 0.266 e. The highest BCUT2D eigenvalue weighted by molar-refractivity contribution is 9.10. The lowest BCUT2D eigenvalue weighted by Crippen LogP contribution is -2.44. The Bertz CT molecular complexity index is 779. The van der Waals surface area contributed by atoms with Crippen LogP contribution in [0.15, 0.2) is 41.0 Å². The molecule has 0 bridgehead atoms. The number of aromatic nitrogens is 1. The van der Waals surface area contributed by atoms with Crippen LogP contribution in [-0.2, 0) is 9.59 Å². The van der Waals surface area contributed by atoms with E-state index < -0.39 is 0 Å². The van der Waals surface area contributed by atoms with Gasteiger partial charge in [-0.25, -0.2) is 4.98 Å². The van der Waals surface area contributed by atoms with Crippen molar-refractivity contribution in [2.45, 2.75) is 6.92 Å². The third kappa shape index (κ3) is 3.34. The van der Waals surface area contributed by atoms with E-state index in [0.717, 1.165) is 10.0 Å². The summed E-state index contributed by atoms with van der Waals surface area (Å²) in [5, 5.41) is 2.81. The summed E-state index contributed by atoms with van der Waals surface area (Å²) in [6.07, 6.45) is 1.56. The monoisotopic (exact) mass is 375 g/mol. The highest BCUT2D eigenvalue weighted by Gasteiger charge is 2.28. The lowest BCUT2D eigenvalue weighted by atomic mass is 10.2. The first kappa shape index (κ1) is 15.5. The topological polar surface area (TPSA) is 71.5 Å². The van der Waals surface area contributed by atoms with Crippen LogP contribution in [-0.4, -0.2) is 29.9 Å². The maximum atomic E-state index is 12.3. The number of carbonyl (C=O) groups is 2. The van der Waals surface area contributed by atoms with Gasteiger partial charge in [-0.3, -0.25) is 14.5 Å². The van der Waals surface area contributed by atoms with Crippen LogP contribution >= 0.6 is 15.9 Å². The molecule has 0 aliphatic carbocycles. The van der Waals surface area contributed by atoms with Crippen LogP contribution in [0.25, 0.3) is 0 Å². The first-order valence-electron chi connectivity index (χ1n) is 6.99. The number of nitrogens with zero attached hydrogens (tertiary/aromatic N) is 2. The first-order chi connectivity index (χ1) is 11.0. The summed E-state index contributed by atoms with van der Waals surface area (Å²) in [6.45, 7) is 1.70. The van der Waals surface area contributed by atoms with E-state index in [1.54, 1.807) is 18.3 Å². The van der Waals surface area contributed by atoms with E-state index in [4.69, 9.17) is 4.74 Å². The minimum Gasteiger partial charge on any atom is -0.480 e. The molecule has 1 aromatic carbocycles. The number of halogens is 1. The molecule has 1 aliphatic rings. The number of amides is 2. The molecule has 7 heteroatoms. The van der Waals surface area contributed by atoms with Gasteiger partial charge in [-0.2, -0.15) is 0 Å². The smallest absolute Gasteiger partial charge is 0.266 e. The van der Waals surface area contributed by atoms with Crippen LogP contribution in [0.2, 0.25) is 0 Å². The molecule has 0 spiro atoms. The molecule has 1 aliphatic heterocycles. The maximum absolute atomic E-state index is 12.3. The number of carbonyl (C=O) groups excluding carboxylic acids is 2. The molecule has 2 aromatic rings. The SMILES string of the molecule is Cc1cc(Br)ccc1NC(=O)CN1C(=O)COc2cccnc21. The number of pyridine rings is 1. The zero-order chi connectivity index (χ0) is 16.4. The van der Waals surface area contributed by atoms with Crippen molar-refractivity contribution in [1.29, 1.82) is 0 Å². The Kier molecular flexibility index (Phi) is 4.29. The summed E-state index contributed by atoms with van der Waals surface area (Å²) < 4.78 is 6.25. The third-order valence-electron chi connectivity index (χ3n) is 3.42. The molecular formula is C16H14BrN3O3. The fourth-order valence-corrected chi connectivity index (χ4v) is 2.77. The van der Waals surface area contributed by atoms with E-state index in [0.29, 0.717) is 17.3 Å². The molecule has 1 aromatic heterocycles. The molecule has 6 nitrogen and oxygen atoms in total. The van der Waals surface area contributed by atoms with Gasteiger partial charge in [0.2, 0.25) is 5.91 Å². The van der Waals surface area contributed by atoms with Crippen molar-refractivity contribution in [2.24, 2.45) is 0 Å². The number of ether oxygens (including phenoxy) is 1. The van der Waals surface area contributed by atoms with Crippen molar-refractivity contribution in [3.8, 4) is 5.75 Å². The van der Waals surface area contributed by atoms with Crippen LogP contribution in [0, 0.1) is 6.92 Å². The summed E-state index contributed by atoms with van der Waals surface area (Å²) in [4.78, 5) is 29.8. The molecule has 2 heterocycles. The van der Waals surface area contributed by atoms with Gasteiger partial charge in [-0.05, 0) is 42.8 Å². The van der Waals surface area contributed by atoms with Gasteiger partial charge in [-0.15, -0.1) is 0 Å². The van der Waals surface area contributed by atoms with Crippen molar-refractivity contribution in [3.63, 3.8) is 0 Å². The Labute approximate surface area is 141 Å². The second kappa shape index (κ2) is 6.37. The van der Waals surface area contributed by atoms with E-state index in [9.17, 15) is 9.59 Å². The molecule has 1 N–H and O–H groups in total. The van der Waals surface area contributed by atoms with E-state index in [1.807, 2.05) is 25.1 Å². The molecule has 0 atom stereocenters. The number of anilines is 2. The van der Waals surface area contributed by atoms with Gasteiger partial charge >= 0.3 is 0 Å². The lowest BCUT2D eigenvalue weighted by molar-refractivity contribution is -0.123. The van der Waals surface area contributed by atoms with Gasteiger partial charge in [0.25, 0.3) is 5.91 Å². The summed E-state index contributed by atoms with van der Waals surface area (Å²) >= 11 is 3.38. The molecule has 0 unspecified atom stereocenters. The Morgan fingerprint density at radius 1 is 1.43 bits per heavy atom. The van der Waals surface area contributed by atoms with Crippen molar-refractivity contribution < 1.29 is 14.3 Å². The molecule has 3 rings (SSSR count). The second-order valence-electron chi connectivity index (χ2n) is 5.10. The van der Waals surface area contributed by atoms with E-state index in [2.05, 4.69) is 26.2 Å². The van der Waals surface area contributed by atoms with Gasteiger partial charge in [0, 0.05) is 16.4 Å². The summed E-state index contributed by atoms with van der Waals surface area (Å²) in [5.41, 5.74) is 1.64. The van der Waals surface area contributed by atoms with Crippen molar-refractivity contribution in [2.75, 3.05) is 23.4 Å².